The van der Waals surface area contributed by atoms with Gasteiger partial charge in [0, 0.05) is 0 Å². The highest BCUT2D eigenvalue weighted by Crippen LogP contribution is 2.25. The fourth-order valence-electron chi connectivity index (χ4n) is 2.42. The van der Waals surface area contributed by atoms with Gasteiger partial charge in [-0.15, -0.1) is 0 Å². The van der Waals surface area contributed by atoms with E-state index in [9.17, 15) is 5.11 Å². The minimum Gasteiger partial charge on any atom is -0.503 e. The quantitative estimate of drug-likeness (QED) is 0.662. The Hall–Kier alpha value is -2.50. The summed E-state index contributed by atoms with van der Waals surface area (Å²) in [6.45, 7) is 0. The van der Waals surface area contributed by atoms with Crippen molar-refractivity contribution in [1.82, 2.24) is 5.32 Å². The molecule has 0 atom stereocenters. The Balaban J connectivity index is 1.97. The maximum Gasteiger partial charge on any atom is 0.203 e. The lowest BCUT2D eigenvalue weighted by atomic mass is 9.98. The second-order valence-corrected chi connectivity index (χ2v) is 6.04. The van der Waals surface area contributed by atoms with Crippen LogP contribution in [0, 0.1) is 4.51 Å². The van der Waals surface area contributed by atoms with Crippen LogP contribution in [0.5, 0.6) is 5.75 Å². The van der Waals surface area contributed by atoms with E-state index in [0.29, 0.717) is 9.50 Å². The lowest BCUT2D eigenvalue weighted by Gasteiger charge is -2.21. The maximum atomic E-state index is 10.1. The molecule has 1 heterocycles. The average Bonchev–Trinajstić information content (AvgIpc) is 2.63. The number of rotatable bonds is 4. The van der Waals surface area contributed by atoms with Crippen LogP contribution >= 0.6 is 24.4 Å². The van der Waals surface area contributed by atoms with Crippen LogP contribution in [-0.2, 0) is 0 Å². The summed E-state index contributed by atoms with van der Waals surface area (Å²) in [4.78, 5) is 0.303. The van der Waals surface area contributed by atoms with Crippen LogP contribution in [0.1, 0.15) is 22.9 Å². The van der Waals surface area contributed by atoms with Crippen molar-refractivity contribution in [3.63, 3.8) is 0 Å². The summed E-state index contributed by atoms with van der Waals surface area (Å²) in [5.74, 6) is 0.0548. The number of benzene rings is 2. The highest BCUT2D eigenvalue weighted by atomic mass is 32.1. The third kappa shape index (κ3) is 3.53. The van der Waals surface area contributed by atoms with Gasteiger partial charge in [-0.3, -0.25) is 0 Å². The molecule has 3 aromatic rings. The van der Waals surface area contributed by atoms with Crippen LogP contribution in [0.3, 0.4) is 0 Å². The Morgan fingerprint density at radius 1 is 0.917 bits per heavy atom. The highest BCUT2D eigenvalue weighted by Gasteiger charge is 2.19. The first-order chi connectivity index (χ1) is 11.7. The van der Waals surface area contributed by atoms with Gasteiger partial charge in [0.05, 0.1) is 16.8 Å². The summed E-state index contributed by atoms with van der Waals surface area (Å²) in [6.07, 6.45) is 1.42. The predicted molar refractivity (Wildman–Crippen MR) is 101 cm³/mol. The van der Waals surface area contributed by atoms with E-state index in [1.807, 2.05) is 60.7 Å². The van der Waals surface area contributed by atoms with Crippen LogP contribution < -0.4 is 5.32 Å². The molecule has 0 saturated carbocycles. The van der Waals surface area contributed by atoms with Crippen molar-refractivity contribution in [3.05, 3.63) is 94.4 Å². The molecule has 0 saturated heterocycles. The van der Waals surface area contributed by atoms with Gasteiger partial charge in [-0.1, -0.05) is 85.1 Å². The van der Waals surface area contributed by atoms with Gasteiger partial charge in [-0.2, -0.15) is 0 Å². The Bertz CT molecular complexity index is 853. The van der Waals surface area contributed by atoms with Crippen LogP contribution in [0.4, 0.5) is 0 Å². The Kier molecular flexibility index (Phi) is 5.03. The van der Waals surface area contributed by atoms with E-state index in [2.05, 4.69) is 5.32 Å². The molecule has 5 heteroatoms. The molecule has 0 unspecified atom stereocenters. The molecular weight excluding hydrogens is 338 g/mol. The molecule has 120 valence electrons. The monoisotopic (exact) mass is 353 g/mol. The molecule has 3 nitrogen and oxygen atoms in total. The zero-order valence-electron chi connectivity index (χ0n) is 12.7. The minimum absolute atomic E-state index is 0.120. The van der Waals surface area contributed by atoms with Crippen LogP contribution in [0.15, 0.2) is 77.4 Å². The molecule has 1 aromatic heterocycles. The summed E-state index contributed by atoms with van der Waals surface area (Å²) in [7, 11) is 0. The third-order valence-electron chi connectivity index (χ3n) is 3.60. The summed E-state index contributed by atoms with van der Waals surface area (Å²) in [5, 5.41) is 13.4. The first kappa shape index (κ1) is 16.4. The van der Waals surface area contributed by atoms with Crippen molar-refractivity contribution < 1.29 is 9.52 Å². The topological polar surface area (TPSA) is 45.4 Å². The van der Waals surface area contributed by atoms with Gasteiger partial charge in [-0.05, 0) is 17.2 Å². The lowest BCUT2D eigenvalue weighted by Crippen LogP contribution is -2.28. The number of nitrogens with one attached hydrogen (secondary N) is 1. The summed E-state index contributed by atoms with van der Waals surface area (Å²) in [6, 6.07) is 21.3. The van der Waals surface area contributed by atoms with Crippen LogP contribution in [0.25, 0.3) is 0 Å². The molecule has 0 fully saturated rings. The van der Waals surface area contributed by atoms with Crippen molar-refractivity contribution >= 4 is 29.4 Å². The number of aromatic hydroxyl groups is 1. The van der Waals surface area contributed by atoms with Gasteiger partial charge >= 0.3 is 0 Å². The van der Waals surface area contributed by atoms with Gasteiger partial charge < -0.3 is 14.8 Å². The fourth-order valence-corrected chi connectivity index (χ4v) is 2.83. The zero-order valence-corrected chi connectivity index (χ0v) is 14.3. The van der Waals surface area contributed by atoms with Crippen molar-refractivity contribution in [1.29, 1.82) is 0 Å². The van der Waals surface area contributed by atoms with Gasteiger partial charge in [0.15, 0.2) is 5.75 Å². The molecule has 24 heavy (non-hydrogen) atoms. The molecule has 0 radical (unpaired) electrons. The largest absolute Gasteiger partial charge is 0.503 e. The first-order valence-corrected chi connectivity index (χ1v) is 8.20. The first-order valence-electron chi connectivity index (χ1n) is 7.38. The van der Waals surface area contributed by atoms with E-state index in [1.165, 1.54) is 12.3 Å². The smallest absolute Gasteiger partial charge is 0.203 e. The second kappa shape index (κ2) is 7.38. The van der Waals surface area contributed by atoms with E-state index >= 15 is 0 Å². The molecular formula is C19H15NO2S2. The molecule has 2 aromatic carbocycles. The molecule has 0 amide bonds. The molecule has 0 aliphatic heterocycles. The Labute approximate surface area is 150 Å². The van der Waals surface area contributed by atoms with E-state index < -0.39 is 0 Å². The maximum absolute atomic E-state index is 10.1. The van der Waals surface area contributed by atoms with Crippen molar-refractivity contribution in [2.24, 2.45) is 0 Å². The van der Waals surface area contributed by atoms with Crippen LogP contribution in [0.2, 0.25) is 0 Å². The van der Waals surface area contributed by atoms with E-state index in [0.717, 1.165) is 11.1 Å². The summed E-state index contributed by atoms with van der Waals surface area (Å²) < 4.78 is 5.66. The van der Waals surface area contributed by atoms with E-state index in [-0.39, 0.29) is 17.6 Å². The SMILES string of the molecule is Oc1c(C(=S)NC(c2ccccc2)c2ccccc2)occc1=S. The number of hydrogen-bond acceptors (Lipinski definition) is 4. The van der Waals surface area contributed by atoms with Crippen molar-refractivity contribution in [2.75, 3.05) is 0 Å². The second-order valence-electron chi connectivity index (χ2n) is 5.19. The van der Waals surface area contributed by atoms with E-state index in [1.54, 1.807) is 0 Å². The third-order valence-corrected chi connectivity index (χ3v) is 4.23. The van der Waals surface area contributed by atoms with Crippen molar-refractivity contribution in [2.45, 2.75) is 6.04 Å². The van der Waals surface area contributed by atoms with Gasteiger partial charge in [-0.25, -0.2) is 0 Å². The average molecular weight is 353 g/mol. The van der Waals surface area contributed by atoms with Crippen LogP contribution in [-0.4, -0.2) is 10.1 Å². The van der Waals surface area contributed by atoms with Gasteiger partial charge in [0.25, 0.3) is 0 Å². The molecule has 0 bridgehead atoms. The molecule has 0 aliphatic carbocycles. The van der Waals surface area contributed by atoms with Crippen molar-refractivity contribution in [3.8, 4) is 5.75 Å². The number of thiocarbonyl (C=S) groups is 1. The molecule has 3 rings (SSSR count). The minimum atomic E-state index is -0.164. The van der Waals surface area contributed by atoms with Gasteiger partial charge in [0.2, 0.25) is 5.76 Å². The summed E-state index contributed by atoms with van der Waals surface area (Å²) >= 11 is 10.5. The highest BCUT2D eigenvalue weighted by molar-refractivity contribution is 7.80. The zero-order chi connectivity index (χ0) is 16.9. The predicted octanol–water partition coefficient (Wildman–Crippen LogP) is 4.77. The Morgan fingerprint density at radius 2 is 1.46 bits per heavy atom. The fraction of sp³-hybridized carbons (Fsp3) is 0.0526. The van der Waals surface area contributed by atoms with Gasteiger partial charge in [0.1, 0.15) is 4.99 Å². The lowest BCUT2D eigenvalue weighted by molar-refractivity contribution is 0.426. The summed E-state index contributed by atoms with van der Waals surface area (Å²) in [5.41, 5.74) is 2.11. The molecule has 0 spiro atoms. The molecule has 0 aliphatic rings. The van der Waals surface area contributed by atoms with E-state index in [4.69, 9.17) is 28.9 Å². The standard InChI is InChI=1S/C19H15NO2S2/c21-17-15(23)11-12-22-18(17)19(24)20-16(13-7-3-1-4-8-13)14-9-5-2-6-10-14/h1-12,16,21H,(H,20,24). The molecule has 2 N–H and O–H groups in total. The Morgan fingerprint density at radius 3 is 2.00 bits per heavy atom. The normalized spacial score (nSPS) is 10.5. The number of hydrogen-bond donors (Lipinski definition) is 2.